The number of rotatable bonds is 3. The Morgan fingerprint density at radius 3 is 2.53 bits per heavy atom. The molecule has 0 saturated carbocycles. The van der Waals surface area contributed by atoms with E-state index in [0.29, 0.717) is 0 Å². The Balaban J connectivity index is 2.18. The first-order valence-electron chi connectivity index (χ1n) is 6.12. The highest BCUT2D eigenvalue weighted by atomic mass is 19.2. The predicted octanol–water partition coefficient (Wildman–Crippen LogP) is 2.32. The maximum Gasteiger partial charge on any atom is 0.159 e. The molecular weight excluding hydrogens is 222 g/mol. The Morgan fingerprint density at radius 2 is 1.94 bits per heavy atom. The van der Waals surface area contributed by atoms with Gasteiger partial charge in [-0.1, -0.05) is 13.0 Å². The second-order valence-electron chi connectivity index (χ2n) is 4.38. The van der Waals surface area contributed by atoms with E-state index in [4.69, 9.17) is 0 Å². The van der Waals surface area contributed by atoms with Crippen LogP contribution < -0.4 is 5.32 Å². The molecule has 1 aromatic carbocycles. The monoisotopic (exact) mass is 240 g/mol. The smallest absolute Gasteiger partial charge is 0.159 e. The molecule has 1 aliphatic rings. The Kier molecular flexibility index (Phi) is 4.07. The van der Waals surface area contributed by atoms with Crippen LogP contribution in [0.2, 0.25) is 0 Å². The summed E-state index contributed by atoms with van der Waals surface area (Å²) < 4.78 is 26.1. The normalized spacial score (nSPS) is 19.2. The van der Waals surface area contributed by atoms with Crippen LogP contribution >= 0.6 is 0 Å². The summed E-state index contributed by atoms with van der Waals surface area (Å²) in [4.78, 5) is 2.32. The summed E-state index contributed by atoms with van der Waals surface area (Å²) in [5.41, 5.74) is 0.869. The number of hydrogen-bond acceptors (Lipinski definition) is 2. The number of nitrogens with zero attached hydrogens (tertiary/aromatic N) is 1. The van der Waals surface area contributed by atoms with Gasteiger partial charge in [-0.05, 0) is 24.1 Å². The molecular formula is C13H18F2N2. The largest absolute Gasteiger partial charge is 0.314 e. The van der Waals surface area contributed by atoms with Gasteiger partial charge in [0.25, 0.3) is 0 Å². The number of nitrogens with one attached hydrogen (secondary N) is 1. The molecule has 1 saturated heterocycles. The van der Waals surface area contributed by atoms with Crippen molar-refractivity contribution in [1.82, 2.24) is 10.2 Å². The van der Waals surface area contributed by atoms with E-state index in [9.17, 15) is 8.78 Å². The molecule has 1 heterocycles. The molecule has 94 valence electrons. The SMILES string of the molecule is CC[C@H](c1ccc(F)c(F)c1)N1CCNCC1. The lowest BCUT2D eigenvalue weighted by Crippen LogP contribution is -2.45. The maximum atomic E-state index is 13.2. The minimum absolute atomic E-state index is 0.187. The fourth-order valence-electron chi connectivity index (χ4n) is 2.42. The summed E-state index contributed by atoms with van der Waals surface area (Å²) in [6.07, 6.45) is 0.908. The molecule has 0 aliphatic carbocycles. The third-order valence-corrected chi connectivity index (χ3v) is 3.31. The van der Waals surface area contributed by atoms with E-state index in [0.717, 1.165) is 38.2 Å². The molecule has 0 unspecified atom stereocenters. The van der Waals surface area contributed by atoms with Gasteiger partial charge in [-0.3, -0.25) is 4.90 Å². The zero-order valence-corrected chi connectivity index (χ0v) is 10.0. The molecule has 1 aromatic rings. The van der Waals surface area contributed by atoms with Gasteiger partial charge >= 0.3 is 0 Å². The van der Waals surface area contributed by atoms with Crippen molar-refractivity contribution in [3.8, 4) is 0 Å². The van der Waals surface area contributed by atoms with Crippen LogP contribution in [0.5, 0.6) is 0 Å². The average molecular weight is 240 g/mol. The van der Waals surface area contributed by atoms with Crippen molar-refractivity contribution in [3.05, 3.63) is 35.4 Å². The number of halogens is 2. The van der Waals surface area contributed by atoms with E-state index in [-0.39, 0.29) is 6.04 Å². The molecule has 1 fully saturated rings. The third kappa shape index (κ3) is 2.82. The van der Waals surface area contributed by atoms with Crippen LogP contribution in [0.1, 0.15) is 24.9 Å². The number of benzene rings is 1. The molecule has 0 spiro atoms. The minimum Gasteiger partial charge on any atom is -0.314 e. The Morgan fingerprint density at radius 1 is 1.24 bits per heavy atom. The van der Waals surface area contributed by atoms with E-state index in [1.165, 1.54) is 12.1 Å². The Bertz CT molecular complexity index is 376. The van der Waals surface area contributed by atoms with Crippen molar-refractivity contribution < 1.29 is 8.78 Å². The predicted molar refractivity (Wildman–Crippen MR) is 63.8 cm³/mol. The first kappa shape index (κ1) is 12.5. The van der Waals surface area contributed by atoms with Crippen LogP contribution in [-0.4, -0.2) is 31.1 Å². The standard InChI is InChI=1S/C13H18F2N2/c1-2-13(17-7-5-16-6-8-17)10-3-4-11(14)12(15)9-10/h3-4,9,13,16H,2,5-8H2,1H3/t13-/m1/s1. The van der Waals surface area contributed by atoms with Gasteiger partial charge in [-0.25, -0.2) is 8.78 Å². The van der Waals surface area contributed by atoms with Gasteiger partial charge in [-0.15, -0.1) is 0 Å². The van der Waals surface area contributed by atoms with Gasteiger partial charge in [0, 0.05) is 32.2 Å². The minimum atomic E-state index is -0.774. The maximum absolute atomic E-state index is 13.2. The summed E-state index contributed by atoms with van der Waals surface area (Å²) in [5, 5.41) is 3.29. The van der Waals surface area contributed by atoms with Crippen LogP contribution in [0.3, 0.4) is 0 Å². The summed E-state index contributed by atoms with van der Waals surface area (Å²) in [5.74, 6) is -1.53. The highest BCUT2D eigenvalue weighted by Gasteiger charge is 2.21. The number of hydrogen-bond donors (Lipinski definition) is 1. The van der Waals surface area contributed by atoms with Crippen LogP contribution in [0.25, 0.3) is 0 Å². The van der Waals surface area contributed by atoms with E-state index < -0.39 is 11.6 Å². The van der Waals surface area contributed by atoms with E-state index >= 15 is 0 Å². The molecule has 4 heteroatoms. The quantitative estimate of drug-likeness (QED) is 0.872. The lowest BCUT2D eigenvalue weighted by Gasteiger charge is -2.34. The molecule has 0 radical (unpaired) electrons. The van der Waals surface area contributed by atoms with Crippen LogP contribution in [-0.2, 0) is 0 Å². The summed E-state index contributed by atoms with van der Waals surface area (Å²) in [6, 6.07) is 4.42. The second kappa shape index (κ2) is 5.56. The lowest BCUT2D eigenvalue weighted by atomic mass is 10.0. The first-order valence-corrected chi connectivity index (χ1v) is 6.12. The summed E-state index contributed by atoms with van der Waals surface area (Å²) in [7, 11) is 0. The molecule has 2 nitrogen and oxygen atoms in total. The van der Waals surface area contributed by atoms with Crippen LogP contribution in [0, 0.1) is 11.6 Å². The molecule has 1 aliphatic heterocycles. The molecule has 0 amide bonds. The second-order valence-corrected chi connectivity index (χ2v) is 4.38. The van der Waals surface area contributed by atoms with Gasteiger partial charge in [0.2, 0.25) is 0 Å². The van der Waals surface area contributed by atoms with E-state index in [1.807, 2.05) is 0 Å². The van der Waals surface area contributed by atoms with Crippen molar-refractivity contribution in [1.29, 1.82) is 0 Å². The van der Waals surface area contributed by atoms with Gasteiger partial charge in [0.15, 0.2) is 11.6 Å². The van der Waals surface area contributed by atoms with Crippen molar-refractivity contribution in [2.75, 3.05) is 26.2 Å². The lowest BCUT2D eigenvalue weighted by molar-refractivity contribution is 0.169. The van der Waals surface area contributed by atoms with Gasteiger partial charge in [0.05, 0.1) is 0 Å². The molecule has 0 aromatic heterocycles. The molecule has 0 bridgehead atoms. The van der Waals surface area contributed by atoms with Gasteiger partial charge in [-0.2, -0.15) is 0 Å². The highest BCUT2D eigenvalue weighted by molar-refractivity contribution is 5.21. The van der Waals surface area contributed by atoms with Crippen molar-refractivity contribution in [2.45, 2.75) is 19.4 Å². The van der Waals surface area contributed by atoms with E-state index in [2.05, 4.69) is 17.1 Å². The summed E-state index contributed by atoms with van der Waals surface area (Å²) >= 11 is 0. The topological polar surface area (TPSA) is 15.3 Å². The first-order chi connectivity index (χ1) is 8.22. The molecule has 17 heavy (non-hydrogen) atoms. The Labute approximate surface area is 101 Å². The molecule has 1 N–H and O–H groups in total. The average Bonchev–Trinajstić information content (AvgIpc) is 2.36. The highest BCUT2D eigenvalue weighted by Crippen LogP contribution is 2.25. The van der Waals surface area contributed by atoms with Crippen molar-refractivity contribution in [2.24, 2.45) is 0 Å². The van der Waals surface area contributed by atoms with Crippen LogP contribution in [0.4, 0.5) is 8.78 Å². The van der Waals surface area contributed by atoms with Crippen molar-refractivity contribution >= 4 is 0 Å². The van der Waals surface area contributed by atoms with Crippen LogP contribution in [0.15, 0.2) is 18.2 Å². The zero-order chi connectivity index (χ0) is 12.3. The Hall–Kier alpha value is -1.00. The van der Waals surface area contributed by atoms with E-state index in [1.54, 1.807) is 6.07 Å². The molecule has 1 atom stereocenters. The fraction of sp³-hybridized carbons (Fsp3) is 0.538. The number of piperazine rings is 1. The molecule has 2 rings (SSSR count). The van der Waals surface area contributed by atoms with Crippen molar-refractivity contribution in [3.63, 3.8) is 0 Å². The van der Waals surface area contributed by atoms with Gasteiger partial charge < -0.3 is 5.32 Å². The van der Waals surface area contributed by atoms with Gasteiger partial charge in [0.1, 0.15) is 0 Å². The zero-order valence-electron chi connectivity index (χ0n) is 10.0. The third-order valence-electron chi connectivity index (χ3n) is 3.31. The fourth-order valence-corrected chi connectivity index (χ4v) is 2.42. The summed E-state index contributed by atoms with van der Waals surface area (Å²) in [6.45, 7) is 5.91.